The summed E-state index contributed by atoms with van der Waals surface area (Å²) in [5.74, 6) is -1.16. The van der Waals surface area contributed by atoms with Crippen molar-refractivity contribution in [2.45, 2.75) is 6.54 Å². The Morgan fingerprint density at radius 2 is 1.85 bits per heavy atom. The largest absolute Gasteiger partial charge is 0.464 e. The second kappa shape index (κ2) is 9.94. The van der Waals surface area contributed by atoms with Gasteiger partial charge in [-0.1, -0.05) is 54.1 Å². The van der Waals surface area contributed by atoms with Crippen LogP contribution in [0.4, 0.5) is 5.69 Å². The van der Waals surface area contributed by atoms with Crippen LogP contribution >= 0.6 is 11.6 Å². The smallest absolute Gasteiger partial charge is 0.370 e. The van der Waals surface area contributed by atoms with Crippen molar-refractivity contribution in [3.05, 3.63) is 65.7 Å². The van der Waals surface area contributed by atoms with Crippen LogP contribution in [0.3, 0.4) is 0 Å². The summed E-state index contributed by atoms with van der Waals surface area (Å²) in [5, 5.41) is 12.4. The summed E-state index contributed by atoms with van der Waals surface area (Å²) in [6, 6.07) is 18.0. The second-order valence-electron chi connectivity index (χ2n) is 5.36. The molecule has 2 aromatic carbocycles. The molecule has 1 amide bonds. The van der Waals surface area contributed by atoms with Gasteiger partial charge in [-0.15, -0.1) is 0 Å². The maximum atomic E-state index is 13.0. The number of anilines is 1. The van der Waals surface area contributed by atoms with E-state index in [9.17, 15) is 9.59 Å². The number of carbonyl (C=O) groups excluding carboxylic acids is 2. The van der Waals surface area contributed by atoms with Gasteiger partial charge in [-0.25, -0.2) is 4.79 Å². The van der Waals surface area contributed by atoms with Gasteiger partial charge in [-0.3, -0.25) is 10.2 Å². The molecule has 7 nitrogen and oxygen atoms in total. The number of ether oxygens (including phenoxy) is 1. The van der Waals surface area contributed by atoms with Gasteiger partial charge in [0.15, 0.2) is 0 Å². The van der Waals surface area contributed by atoms with Gasteiger partial charge >= 0.3 is 5.97 Å². The number of methoxy groups -OCH3 is 1. The highest BCUT2D eigenvalue weighted by atomic mass is 35.5. The molecule has 0 spiro atoms. The van der Waals surface area contributed by atoms with Gasteiger partial charge in [0.05, 0.1) is 24.4 Å². The minimum atomic E-state index is -0.803. The van der Waals surface area contributed by atoms with Crippen LogP contribution in [0.2, 0.25) is 0 Å². The van der Waals surface area contributed by atoms with E-state index in [1.807, 2.05) is 36.4 Å². The SMILES string of the molecule is COC(=O)/C(Cl)=N\Nc1ccccc1C(=O)N(CC#N)Cc1ccccc1. The van der Waals surface area contributed by atoms with Crippen LogP contribution in [0.1, 0.15) is 15.9 Å². The van der Waals surface area contributed by atoms with Crippen LogP contribution < -0.4 is 5.43 Å². The molecule has 1 N–H and O–H groups in total. The molecule has 27 heavy (non-hydrogen) atoms. The molecule has 0 aliphatic rings. The van der Waals surface area contributed by atoms with E-state index in [1.54, 1.807) is 24.3 Å². The summed E-state index contributed by atoms with van der Waals surface area (Å²) in [4.78, 5) is 25.7. The van der Waals surface area contributed by atoms with Crippen molar-refractivity contribution < 1.29 is 14.3 Å². The Morgan fingerprint density at radius 1 is 1.19 bits per heavy atom. The highest BCUT2D eigenvalue weighted by molar-refractivity contribution is 6.82. The van der Waals surface area contributed by atoms with Gasteiger partial charge in [-0.2, -0.15) is 10.4 Å². The minimum absolute atomic E-state index is 0.0752. The summed E-state index contributed by atoms with van der Waals surface area (Å²) < 4.78 is 4.46. The average Bonchev–Trinajstić information content (AvgIpc) is 2.71. The topological polar surface area (TPSA) is 94.8 Å². The lowest BCUT2D eigenvalue weighted by Crippen LogP contribution is -2.31. The maximum absolute atomic E-state index is 13.0. The van der Waals surface area contributed by atoms with E-state index in [4.69, 9.17) is 16.9 Å². The molecule has 0 unspecified atom stereocenters. The number of para-hydroxylation sites is 1. The molecular weight excluding hydrogens is 368 g/mol. The summed E-state index contributed by atoms with van der Waals surface area (Å²) in [7, 11) is 1.18. The van der Waals surface area contributed by atoms with Crippen LogP contribution in [0, 0.1) is 11.3 Å². The monoisotopic (exact) mass is 384 g/mol. The lowest BCUT2D eigenvalue weighted by Gasteiger charge is -2.21. The third-order valence-corrected chi connectivity index (χ3v) is 3.79. The zero-order valence-corrected chi connectivity index (χ0v) is 15.3. The van der Waals surface area contributed by atoms with E-state index in [0.29, 0.717) is 11.3 Å². The fraction of sp³-hybridized carbons (Fsp3) is 0.158. The highest BCUT2D eigenvalue weighted by Gasteiger charge is 2.19. The molecule has 0 aliphatic heterocycles. The average molecular weight is 385 g/mol. The number of hydrazone groups is 1. The molecule has 2 aromatic rings. The molecule has 0 saturated heterocycles. The normalized spacial score (nSPS) is 10.6. The van der Waals surface area contributed by atoms with Crippen molar-refractivity contribution in [2.75, 3.05) is 19.1 Å². The van der Waals surface area contributed by atoms with Gasteiger partial charge in [0.1, 0.15) is 6.54 Å². The summed E-state index contributed by atoms with van der Waals surface area (Å²) >= 11 is 5.71. The van der Waals surface area contributed by atoms with Gasteiger partial charge in [0.25, 0.3) is 5.91 Å². The number of halogens is 1. The van der Waals surface area contributed by atoms with E-state index in [2.05, 4.69) is 15.3 Å². The first-order valence-corrected chi connectivity index (χ1v) is 8.31. The van der Waals surface area contributed by atoms with Crippen LogP contribution in [-0.4, -0.2) is 35.6 Å². The first kappa shape index (κ1) is 19.9. The molecule has 0 heterocycles. The van der Waals surface area contributed by atoms with Crippen molar-refractivity contribution >= 4 is 34.3 Å². The van der Waals surface area contributed by atoms with E-state index in [-0.39, 0.29) is 19.0 Å². The molecule has 138 valence electrons. The van der Waals surface area contributed by atoms with Crippen LogP contribution in [0.25, 0.3) is 0 Å². The van der Waals surface area contributed by atoms with E-state index in [1.165, 1.54) is 12.0 Å². The van der Waals surface area contributed by atoms with Crippen molar-refractivity contribution in [2.24, 2.45) is 5.10 Å². The standard InChI is InChI=1S/C19H17ClN4O3/c1-27-19(26)17(20)23-22-16-10-6-5-9-15(16)18(25)24(12-11-21)13-14-7-3-2-4-8-14/h2-10,22H,12-13H2,1H3/b23-17+. The first-order chi connectivity index (χ1) is 13.1. The molecule has 8 heteroatoms. The molecule has 0 saturated carbocycles. The zero-order valence-electron chi connectivity index (χ0n) is 14.6. The molecule has 0 aromatic heterocycles. The Balaban J connectivity index is 2.26. The fourth-order valence-electron chi connectivity index (χ4n) is 2.27. The molecule has 2 rings (SSSR count). The maximum Gasteiger partial charge on any atom is 0.370 e. The number of nitriles is 1. The zero-order chi connectivity index (χ0) is 19.6. The molecule has 0 bridgehead atoms. The Hall–Kier alpha value is -3.37. The van der Waals surface area contributed by atoms with Crippen LogP contribution in [0.5, 0.6) is 0 Å². The first-order valence-electron chi connectivity index (χ1n) is 7.93. The Kier molecular flexibility index (Phi) is 7.35. The van der Waals surface area contributed by atoms with Gasteiger partial charge < -0.3 is 9.64 Å². The predicted molar refractivity (Wildman–Crippen MR) is 102 cm³/mol. The number of benzene rings is 2. The molecule has 0 radical (unpaired) electrons. The van der Waals surface area contributed by atoms with Gasteiger partial charge in [-0.05, 0) is 17.7 Å². The van der Waals surface area contributed by atoms with E-state index < -0.39 is 11.1 Å². The van der Waals surface area contributed by atoms with E-state index >= 15 is 0 Å². The number of hydrogen-bond donors (Lipinski definition) is 1. The van der Waals surface area contributed by atoms with Crippen molar-refractivity contribution in [1.29, 1.82) is 5.26 Å². The number of rotatable bonds is 7. The van der Waals surface area contributed by atoms with E-state index in [0.717, 1.165) is 5.56 Å². The second-order valence-corrected chi connectivity index (χ2v) is 5.71. The van der Waals surface area contributed by atoms with Crippen LogP contribution in [0.15, 0.2) is 59.7 Å². The summed E-state index contributed by atoms with van der Waals surface area (Å²) in [6.45, 7) is 0.210. The summed E-state index contributed by atoms with van der Waals surface area (Å²) in [6.07, 6.45) is 0. The van der Waals surface area contributed by atoms with Crippen molar-refractivity contribution in [3.8, 4) is 6.07 Å². The molecule has 0 fully saturated rings. The number of hydrogen-bond acceptors (Lipinski definition) is 6. The number of nitrogens with zero attached hydrogens (tertiary/aromatic N) is 3. The van der Waals surface area contributed by atoms with Crippen LogP contribution in [-0.2, 0) is 16.1 Å². The Labute approximate surface area is 161 Å². The third kappa shape index (κ3) is 5.56. The lowest BCUT2D eigenvalue weighted by atomic mass is 10.1. The molecular formula is C19H17ClN4O3. The molecule has 0 atom stereocenters. The van der Waals surface area contributed by atoms with Gasteiger partial charge in [0.2, 0.25) is 5.17 Å². The quantitative estimate of drug-likeness (QED) is 0.342. The van der Waals surface area contributed by atoms with Crippen molar-refractivity contribution in [3.63, 3.8) is 0 Å². The third-order valence-electron chi connectivity index (χ3n) is 3.55. The summed E-state index contributed by atoms with van der Waals surface area (Å²) in [5.41, 5.74) is 4.14. The number of carbonyl (C=O) groups is 2. The Morgan fingerprint density at radius 3 is 2.52 bits per heavy atom. The minimum Gasteiger partial charge on any atom is -0.464 e. The van der Waals surface area contributed by atoms with Gasteiger partial charge in [0, 0.05) is 6.54 Å². The lowest BCUT2D eigenvalue weighted by molar-refractivity contribution is -0.132. The predicted octanol–water partition coefficient (Wildman–Crippen LogP) is 2.99. The number of esters is 1. The fourth-order valence-corrected chi connectivity index (χ4v) is 2.38. The molecule has 0 aliphatic carbocycles. The van der Waals surface area contributed by atoms with Crippen molar-refractivity contribution in [1.82, 2.24) is 4.90 Å². The number of amides is 1. The Bertz CT molecular complexity index is 878. The highest BCUT2D eigenvalue weighted by Crippen LogP contribution is 2.19. The number of nitrogens with one attached hydrogen (secondary N) is 1.